The minimum atomic E-state index is -1.32. The average molecular weight is 540 g/mol. The van der Waals surface area contributed by atoms with Crippen molar-refractivity contribution in [2.24, 2.45) is 17.3 Å². The summed E-state index contributed by atoms with van der Waals surface area (Å²) in [7, 11) is 0. The largest absolute Gasteiger partial charge is 0.481 e. The number of carboxylic acid groups (broad SMARTS) is 1. The Kier molecular flexibility index (Phi) is 6.89. The van der Waals surface area contributed by atoms with Crippen LogP contribution in [0.3, 0.4) is 0 Å². The molecule has 0 spiro atoms. The highest BCUT2D eigenvalue weighted by molar-refractivity contribution is 5.90. The number of carbonyl (C=O) groups is 3. The monoisotopic (exact) mass is 539 g/mol. The van der Waals surface area contributed by atoms with E-state index in [0.29, 0.717) is 25.2 Å². The molecule has 2 aromatic carbocycles. The molecule has 5 rings (SSSR count). The number of nitrogens with one attached hydrogen (secondary N) is 1. The van der Waals surface area contributed by atoms with Crippen LogP contribution in [0.4, 0.5) is 13.6 Å². The third-order valence-corrected chi connectivity index (χ3v) is 9.00. The molecule has 1 saturated carbocycles. The number of halogens is 2. The molecule has 4 atom stereocenters. The zero-order valence-electron chi connectivity index (χ0n) is 22.8. The van der Waals surface area contributed by atoms with E-state index >= 15 is 4.39 Å². The molecule has 0 bridgehead atoms. The Bertz CT molecular complexity index is 1320. The van der Waals surface area contributed by atoms with Crippen molar-refractivity contribution < 1.29 is 28.3 Å². The fourth-order valence-corrected chi connectivity index (χ4v) is 6.82. The van der Waals surface area contributed by atoms with Crippen LogP contribution in [-0.4, -0.2) is 58.5 Å². The molecule has 39 heavy (non-hydrogen) atoms. The number of carboxylic acids is 1. The number of aryl methyl sites for hydroxylation is 2. The number of fused-ring (bicyclic) bond motifs is 1. The highest BCUT2D eigenvalue weighted by Gasteiger charge is 2.69. The molecule has 0 radical (unpaired) electrons. The molecule has 208 valence electrons. The Hall–Kier alpha value is -3.49. The lowest BCUT2D eigenvalue weighted by Crippen LogP contribution is -2.54. The first kappa shape index (κ1) is 27.1. The smallest absolute Gasteiger partial charge is 0.320 e. The fourth-order valence-electron chi connectivity index (χ4n) is 6.82. The SMILES string of the molecule is Cc1cccc(C)c1-c1cc(F)c(F)c([C@H](CC(=O)O)NC(=O)[C@@H]2[C@@H]3C(CN2C(=O)N2CCCC2)C3(C)C)c1. The maximum atomic E-state index is 15.3. The molecule has 7 nitrogen and oxygen atoms in total. The molecule has 2 aromatic rings. The summed E-state index contributed by atoms with van der Waals surface area (Å²) in [5, 5.41) is 12.4. The summed E-state index contributed by atoms with van der Waals surface area (Å²) in [4.78, 5) is 42.3. The van der Waals surface area contributed by atoms with Crippen LogP contribution in [0.25, 0.3) is 11.1 Å². The van der Waals surface area contributed by atoms with E-state index in [4.69, 9.17) is 0 Å². The number of benzene rings is 2. The van der Waals surface area contributed by atoms with Crippen molar-refractivity contribution >= 4 is 17.9 Å². The molecule has 1 unspecified atom stereocenters. The van der Waals surface area contributed by atoms with Crippen molar-refractivity contribution in [2.75, 3.05) is 19.6 Å². The van der Waals surface area contributed by atoms with Crippen LogP contribution in [0, 0.1) is 42.7 Å². The number of likely N-dealkylation sites (tertiary alicyclic amines) is 2. The van der Waals surface area contributed by atoms with Crippen molar-refractivity contribution in [3.05, 3.63) is 58.7 Å². The van der Waals surface area contributed by atoms with E-state index in [2.05, 4.69) is 19.2 Å². The van der Waals surface area contributed by atoms with E-state index in [0.717, 1.165) is 35.6 Å². The lowest BCUT2D eigenvalue weighted by atomic mass is 9.92. The van der Waals surface area contributed by atoms with E-state index in [1.165, 1.54) is 6.07 Å². The molecule has 3 amide bonds. The van der Waals surface area contributed by atoms with Crippen molar-refractivity contribution in [2.45, 2.75) is 59.0 Å². The number of nitrogens with zero attached hydrogens (tertiary/aromatic N) is 2. The first-order valence-electron chi connectivity index (χ1n) is 13.5. The summed E-state index contributed by atoms with van der Waals surface area (Å²) in [6.45, 7) is 9.55. The van der Waals surface area contributed by atoms with E-state index in [9.17, 15) is 23.9 Å². The third-order valence-electron chi connectivity index (χ3n) is 9.00. The molecule has 0 aromatic heterocycles. The van der Waals surface area contributed by atoms with Crippen LogP contribution in [0.2, 0.25) is 0 Å². The second-order valence-electron chi connectivity index (χ2n) is 11.8. The van der Waals surface area contributed by atoms with Gasteiger partial charge < -0.3 is 20.2 Å². The van der Waals surface area contributed by atoms with Gasteiger partial charge in [-0.1, -0.05) is 32.0 Å². The van der Waals surface area contributed by atoms with Crippen molar-refractivity contribution in [3.8, 4) is 11.1 Å². The second kappa shape index (κ2) is 9.92. The molecule has 2 heterocycles. The number of amides is 3. The molecule has 3 fully saturated rings. The maximum Gasteiger partial charge on any atom is 0.320 e. The summed E-state index contributed by atoms with van der Waals surface area (Å²) in [5.41, 5.74) is 2.46. The van der Waals surface area contributed by atoms with Gasteiger partial charge in [-0.25, -0.2) is 13.6 Å². The average Bonchev–Trinajstić information content (AvgIpc) is 3.32. The van der Waals surface area contributed by atoms with Crippen LogP contribution in [0.15, 0.2) is 30.3 Å². The first-order valence-corrected chi connectivity index (χ1v) is 13.5. The van der Waals surface area contributed by atoms with Gasteiger partial charge in [-0.15, -0.1) is 0 Å². The summed E-state index contributed by atoms with van der Waals surface area (Å²) >= 11 is 0. The van der Waals surface area contributed by atoms with E-state index in [1.807, 2.05) is 32.0 Å². The molecule has 2 saturated heterocycles. The van der Waals surface area contributed by atoms with Crippen molar-refractivity contribution in [3.63, 3.8) is 0 Å². The number of hydrogen-bond donors (Lipinski definition) is 2. The lowest BCUT2D eigenvalue weighted by molar-refractivity contribution is -0.138. The molecule has 3 aliphatic rings. The molecular weight excluding hydrogens is 504 g/mol. The number of aliphatic carboxylic acids is 1. The lowest BCUT2D eigenvalue weighted by Gasteiger charge is -2.34. The third kappa shape index (κ3) is 4.76. The molecule has 2 aliphatic heterocycles. The molecule has 9 heteroatoms. The Labute approximate surface area is 227 Å². The van der Waals surface area contributed by atoms with Crippen LogP contribution in [-0.2, 0) is 9.59 Å². The number of rotatable bonds is 6. The van der Waals surface area contributed by atoms with Gasteiger partial charge in [0.1, 0.15) is 6.04 Å². The van der Waals surface area contributed by atoms with E-state index in [-0.39, 0.29) is 28.8 Å². The molecular formula is C30H35F2N3O4. The summed E-state index contributed by atoms with van der Waals surface area (Å²) in [6.07, 6.45) is 1.19. The van der Waals surface area contributed by atoms with Gasteiger partial charge in [0.25, 0.3) is 0 Å². The minimum absolute atomic E-state index is 0.0860. The highest BCUT2D eigenvalue weighted by Crippen LogP contribution is 2.65. The maximum absolute atomic E-state index is 15.3. The Morgan fingerprint density at radius 2 is 1.74 bits per heavy atom. The Morgan fingerprint density at radius 1 is 1.10 bits per heavy atom. The standard InChI is InChI=1S/C30H35F2N3O4/c1-16-8-7-9-17(2)24(16)18-12-19(26(32)21(31)13-18)22(14-23(36)37)33-28(38)27-25-20(30(25,3)4)15-35(27)29(39)34-10-5-6-11-34/h7-9,12-13,20,22,25,27H,5-6,10-11,14-15H2,1-4H3,(H,33,38)(H,36,37)/t20?,22-,25-,27-/m0/s1. The summed E-state index contributed by atoms with van der Waals surface area (Å²) < 4.78 is 30.2. The zero-order valence-corrected chi connectivity index (χ0v) is 22.8. The van der Waals surface area contributed by atoms with Gasteiger partial charge in [-0.3, -0.25) is 9.59 Å². The highest BCUT2D eigenvalue weighted by atomic mass is 19.2. The van der Waals surface area contributed by atoms with Gasteiger partial charge in [0, 0.05) is 25.2 Å². The van der Waals surface area contributed by atoms with Gasteiger partial charge in [0.15, 0.2) is 11.6 Å². The number of urea groups is 1. The summed E-state index contributed by atoms with van der Waals surface area (Å²) in [6, 6.07) is 5.79. The number of piperidine rings is 1. The second-order valence-corrected chi connectivity index (χ2v) is 11.8. The van der Waals surface area contributed by atoms with Gasteiger partial charge in [0.05, 0.1) is 12.5 Å². The van der Waals surface area contributed by atoms with Crippen LogP contribution < -0.4 is 5.32 Å². The first-order chi connectivity index (χ1) is 18.4. The fraction of sp³-hybridized carbons (Fsp3) is 0.500. The van der Waals surface area contributed by atoms with Crippen molar-refractivity contribution in [1.29, 1.82) is 0 Å². The van der Waals surface area contributed by atoms with Crippen LogP contribution in [0.5, 0.6) is 0 Å². The van der Waals surface area contributed by atoms with Gasteiger partial charge in [-0.05, 0) is 78.3 Å². The normalized spacial score (nSPS) is 23.9. The Balaban J connectivity index is 1.49. The quantitative estimate of drug-likeness (QED) is 0.538. The predicted molar refractivity (Wildman–Crippen MR) is 142 cm³/mol. The van der Waals surface area contributed by atoms with Crippen LogP contribution in [0.1, 0.15) is 55.8 Å². The number of carbonyl (C=O) groups excluding carboxylic acids is 2. The van der Waals surface area contributed by atoms with Gasteiger partial charge in [-0.2, -0.15) is 0 Å². The zero-order chi connectivity index (χ0) is 28.2. The number of hydrogen-bond acceptors (Lipinski definition) is 3. The van der Waals surface area contributed by atoms with Crippen molar-refractivity contribution in [1.82, 2.24) is 15.1 Å². The topological polar surface area (TPSA) is 90.0 Å². The summed E-state index contributed by atoms with van der Waals surface area (Å²) in [5.74, 6) is -4.05. The predicted octanol–water partition coefficient (Wildman–Crippen LogP) is 5.05. The molecule has 1 aliphatic carbocycles. The Morgan fingerprint density at radius 3 is 2.36 bits per heavy atom. The van der Waals surface area contributed by atoms with Gasteiger partial charge in [0.2, 0.25) is 5.91 Å². The van der Waals surface area contributed by atoms with E-state index < -0.39 is 42.0 Å². The van der Waals surface area contributed by atoms with Crippen LogP contribution >= 0.6 is 0 Å². The van der Waals surface area contributed by atoms with E-state index in [1.54, 1.807) is 9.80 Å². The van der Waals surface area contributed by atoms with Gasteiger partial charge >= 0.3 is 12.0 Å². The molecule has 2 N–H and O–H groups in total. The minimum Gasteiger partial charge on any atom is -0.481 e.